The summed E-state index contributed by atoms with van der Waals surface area (Å²) < 4.78 is 0. The molecule has 1 saturated heterocycles. The summed E-state index contributed by atoms with van der Waals surface area (Å²) in [6.45, 7) is 4.96. The molecule has 6 heteroatoms. The van der Waals surface area contributed by atoms with Crippen LogP contribution >= 0.6 is 11.6 Å². The van der Waals surface area contributed by atoms with E-state index in [0.29, 0.717) is 24.5 Å². The molecule has 0 spiro atoms. The lowest BCUT2D eigenvalue weighted by Crippen LogP contribution is -2.49. The normalized spacial score (nSPS) is 14.1. The third-order valence-electron chi connectivity index (χ3n) is 5.35. The highest BCUT2D eigenvalue weighted by molar-refractivity contribution is 6.30. The van der Waals surface area contributed by atoms with E-state index in [1.165, 1.54) is 0 Å². The number of aryl methyl sites for hydroxylation is 1. The molecular formula is C23H23ClN4O. The monoisotopic (exact) mass is 406 g/mol. The second kappa shape index (κ2) is 8.62. The number of carbonyl (C=O) groups is 1. The van der Waals surface area contributed by atoms with Crippen LogP contribution in [0.15, 0.2) is 60.7 Å². The fourth-order valence-corrected chi connectivity index (χ4v) is 3.66. The Morgan fingerprint density at radius 2 is 1.66 bits per heavy atom. The molecule has 2 aromatic carbocycles. The second-order valence-electron chi connectivity index (χ2n) is 7.25. The van der Waals surface area contributed by atoms with Gasteiger partial charge in [-0.15, -0.1) is 10.2 Å². The number of amides is 1. The van der Waals surface area contributed by atoms with E-state index in [1.54, 1.807) is 0 Å². The van der Waals surface area contributed by atoms with Gasteiger partial charge in [0.05, 0.1) is 12.1 Å². The number of hydrogen-bond acceptors (Lipinski definition) is 4. The van der Waals surface area contributed by atoms with Crippen LogP contribution in [0.3, 0.4) is 0 Å². The maximum Gasteiger partial charge on any atom is 0.227 e. The Labute approximate surface area is 175 Å². The molecule has 1 aromatic heterocycles. The molecule has 0 radical (unpaired) electrons. The summed E-state index contributed by atoms with van der Waals surface area (Å²) in [6, 6.07) is 19.6. The van der Waals surface area contributed by atoms with Gasteiger partial charge in [0.15, 0.2) is 5.82 Å². The number of benzene rings is 2. The topological polar surface area (TPSA) is 49.3 Å². The van der Waals surface area contributed by atoms with E-state index in [-0.39, 0.29) is 5.91 Å². The molecule has 2 heterocycles. The number of rotatable bonds is 4. The predicted molar refractivity (Wildman–Crippen MR) is 116 cm³/mol. The van der Waals surface area contributed by atoms with Gasteiger partial charge in [0, 0.05) is 36.8 Å². The molecule has 3 aromatic rings. The molecule has 148 valence electrons. The third-order valence-corrected chi connectivity index (χ3v) is 5.60. The van der Waals surface area contributed by atoms with E-state index in [1.807, 2.05) is 72.5 Å². The summed E-state index contributed by atoms with van der Waals surface area (Å²) in [5.74, 6) is 1.02. The Kier molecular flexibility index (Phi) is 5.76. The number of carbonyl (C=O) groups excluding carboxylic acids is 1. The van der Waals surface area contributed by atoms with Crippen molar-refractivity contribution in [3.05, 3.63) is 76.8 Å². The molecule has 1 aliphatic rings. The minimum Gasteiger partial charge on any atom is -0.352 e. The Bertz CT molecular complexity index is 981. The van der Waals surface area contributed by atoms with Gasteiger partial charge < -0.3 is 9.80 Å². The molecule has 0 atom stereocenters. The average Bonchev–Trinajstić information content (AvgIpc) is 2.76. The smallest absolute Gasteiger partial charge is 0.227 e. The molecule has 1 aliphatic heterocycles. The highest BCUT2D eigenvalue weighted by Crippen LogP contribution is 2.21. The summed E-state index contributed by atoms with van der Waals surface area (Å²) >= 11 is 5.94. The van der Waals surface area contributed by atoms with Crippen molar-refractivity contribution in [1.82, 2.24) is 15.1 Å². The fraction of sp³-hybridized carbons (Fsp3) is 0.261. The molecular weight excluding hydrogens is 384 g/mol. The molecule has 0 bridgehead atoms. The van der Waals surface area contributed by atoms with Gasteiger partial charge in [-0.3, -0.25) is 4.79 Å². The Morgan fingerprint density at radius 3 is 2.31 bits per heavy atom. The summed E-state index contributed by atoms with van der Waals surface area (Å²) in [7, 11) is 0. The Balaban J connectivity index is 1.35. The molecule has 0 unspecified atom stereocenters. The van der Waals surface area contributed by atoms with Gasteiger partial charge in [0.2, 0.25) is 5.91 Å². The van der Waals surface area contributed by atoms with Gasteiger partial charge >= 0.3 is 0 Å². The van der Waals surface area contributed by atoms with Crippen LogP contribution in [0, 0.1) is 6.92 Å². The van der Waals surface area contributed by atoms with Crippen molar-refractivity contribution in [3.8, 4) is 11.3 Å². The zero-order valence-corrected chi connectivity index (χ0v) is 17.1. The van der Waals surface area contributed by atoms with Crippen molar-refractivity contribution in [3.63, 3.8) is 0 Å². The van der Waals surface area contributed by atoms with E-state index in [9.17, 15) is 4.79 Å². The number of anilines is 1. The third kappa shape index (κ3) is 4.57. The summed E-state index contributed by atoms with van der Waals surface area (Å²) in [6.07, 6.45) is 0.461. The van der Waals surface area contributed by atoms with Crippen LogP contribution in [0.2, 0.25) is 5.02 Å². The lowest BCUT2D eigenvalue weighted by Gasteiger charge is -2.35. The van der Waals surface area contributed by atoms with Crippen molar-refractivity contribution in [2.75, 3.05) is 31.1 Å². The molecule has 4 rings (SSSR count). The maximum absolute atomic E-state index is 12.7. The Hall–Kier alpha value is -2.92. The number of piperazine rings is 1. The number of halogens is 1. The summed E-state index contributed by atoms with van der Waals surface area (Å²) in [5, 5.41) is 9.45. The van der Waals surface area contributed by atoms with Crippen molar-refractivity contribution in [2.24, 2.45) is 0 Å². The van der Waals surface area contributed by atoms with E-state index in [0.717, 1.165) is 41.3 Å². The largest absolute Gasteiger partial charge is 0.352 e. The SMILES string of the molecule is Cc1ccccc1CC(=O)N1CCN(c2ccc(-c3ccc(Cl)cc3)nn2)CC1. The van der Waals surface area contributed by atoms with Crippen LogP contribution < -0.4 is 4.90 Å². The van der Waals surface area contributed by atoms with Crippen LogP contribution in [0.1, 0.15) is 11.1 Å². The summed E-state index contributed by atoms with van der Waals surface area (Å²) in [4.78, 5) is 16.8. The fourth-order valence-electron chi connectivity index (χ4n) is 3.54. The molecule has 0 saturated carbocycles. The van der Waals surface area contributed by atoms with Crippen LogP contribution in [-0.2, 0) is 11.2 Å². The lowest BCUT2D eigenvalue weighted by atomic mass is 10.1. The van der Waals surface area contributed by atoms with Crippen LogP contribution in [0.5, 0.6) is 0 Å². The van der Waals surface area contributed by atoms with Crippen molar-refractivity contribution in [2.45, 2.75) is 13.3 Å². The number of aromatic nitrogens is 2. The van der Waals surface area contributed by atoms with E-state index in [2.05, 4.69) is 15.1 Å². The molecule has 1 fully saturated rings. The molecule has 0 aliphatic carbocycles. The van der Waals surface area contributed by atoms with Gasteiger partial charge in [-0.1, -0.05) is 48.0 Å². The first-order valence-electron chi connectivity index (χ1n) is 9.77. The standard InChI is InChI=1S/C23H23ClN4O/c1-17-4-2-3-5-19(17)16-23(29)28-14-12-27(13-15-28)22-11-10-21(25-26-22)18-6-8-20(24)9-7-18/h2-11H,12-16H2,1H3. The van der Waals surface area contributed by atoms with Gasteiger partial charge in [0.25, 0.3) is 0 Å². The van der Waals surface area contributed by atoms with Crippen molar-refractivity contribution >= 4 is 23.3 Å². The highest BCUT2D eigenvalue weighted by atomic mass is 35.5. The average molecular weight is 407 g/mol. The zero-order valence-electron chi connectivity index (χ0n) is 16.4. The van der Waals surface area contributed by atoms with Gasteiger partial charge in [-0.25, -0.2) is 0 Å². The molecule has 0 N–H and O–H groups in total. The number of nitrogens with zero attached hydrogens (tertiary/aromatic N) is 4. The molecule has 1 amide bonds. The minimum absolute atomic E-state index is 0.183. The first-order chi connectivity index (χ1) is 14.1. The van der Waals surface area contributed by atoms with Crippen LogP contribution in [0.25, 0.3) is 11.3 Å². The van der Waals surface area contributed by atoms with Crippen LogP contribution in [-0.4, -0.2) is 47.2 Å². The van der Waals surface area contributed by atoms with E-state index in [4.69, 9.17) is 11.6 Å². The molecule has 29 heavy (non-hydrogen) atoms. The van der Waals surface area contributed by atoms with Gasteiger partial charge in [0.1, 0.15) is 0 Å². The zero-order chi connectivity index (χ0) is 20.2. The first-order valence-corrected chi connectivity index (χ1v) is 10.1. The van der Waals surface area contributed by atoms with Gasteiger partial charge in [-0.2, -0.15) is 0 Å². The molecule has 5 nitrogen and oxygen atoms in total. The Morgan fingerprint density at radius 1 is 0.931 bits per heavy atom. The van der Waals surface area contributed by atoms with E-state index < -0.39 is 0 Å². The van der Waals surface area contributed by atoms with Crippen molar-refractivity contribution < 1.29 is 4.79 Å². The maximum atomic E-state index is 12.7. The predicted octanol–water partition coefficient (Wildman–Crippen LogP) is 4.00. The first kappa shape index (κ1) is 19.4. The minimum atomic E-state index is 0.183. The van der Waals surface area contributed by atoms with Gasteiger partial charge in [-0.05, 0) is 42.3 Å². The lowest BCUT2D eigenvalue weighted by molar-refractivity contribution is -0.130. The number of hydrogen-bond donors (Lipinski definition) is 0. The second-order valence-corrected chi connectivity index (χ2v) is 7.69. The van der Waals surface area contributed by atoms with E-state index >= 15 is 0 Å². The van der Waals surface area contributed by atoms with Crippen LogP contribution in [0.4, 0.5) is 5.82 Å². The van der Waals surface area contributed by atoms with Crippen molar-refractivity contribution in [1.29, 1.82) is 0 Å². The highest BCUT2D eigenvalue weighted by Gasteiger charge is 2.22. The summed E-state index contributed by atoms with van der Waals surface area (Å²) in [5.41, 5.74) is 4.07. The quantitative estimate of drug-likeness (QED) is 0.657.